The van der Waals surface area contributed by atoms with Gasteiger partial charge in [0.15, 0.2) is 0 Å². The van der Waals surface area contributed by atoms with Crippen LogP contribution < -0.4 is 0 Å². The Balaban J connectivity index is 3.20. The fourth-order valence-electron chi connectivity index (χ4n) is 1.70. The Morgan fingerprint density at radius 3 is 1.36 bits per heavy atom. The number of alkyl halides is 2. The standard InChI is InChI=1S/C12H16Br2/c1-3-9-5-12(8-14)10(4-2)6-11(9)7-13/h5-6H,3-4,7-8H2,1-2H3. The SMILES string of the molecule is CCc1cc(CBr)c(CC)cc1CBr. The second-order valence-corrected chi connectivity index (χ2v) is 4.49. The van der Waals surface area contributed by atoms with Gasteiger partial charge >= 0.3 is 0 Å². The molecule has 0 saturated carbocycles. The maximum Gasteiger partial charge on any atom is 0.0285 e. The molecule has 0 spiro atoms. The van der Waals surface area contributed by atoms with Gasteiger partial charge in [0.05, 0.1) is 0 Å². The van der Waals surface area contributed by atoms with Gasteiger partial charge in [-0.2, -0.15) is 0 Å². The third-order valence-electron chi connectivity index (χ3n) is 2.57. The van der Waals surface area contributed by atoms with E-state index in [1.807, 2.05) is 0 Å². The molecule has 0 bridgehead atoms. The first kappa shape index (κ1) is 12.3. The van der Waals surface area contributed by atoms with Gasteiger partial charge in [-0.3, -0.25) is 0 Å². The molecule has 0 fully saturated rings. The van der Waals surface area contributed by atoms with E-state index in [1.54, 1.807) is 0 Å². The van der Waals surface area contributed by atoms with E-state index in [2.05, 4.69) is 57.8 Å². The molecule has 0 aliphatic carbocycles. The summed E-state index contributed by atoms with van der Waals surface area (Å²) in [5, 5.41) is 1.93. The molecule has 1 aromatic rings. The molecule has 0 radical (unpaired) electrons. The smallest absolute Gasteiger partial charge is 0.0285 e. The van der Waals surface area contributed by atoms with E-state index in [4.69, 9.17) is 0 Å². The highest BCUT2D eigenvalue weighted by Crippen LogP contribution is 2.22. The van der Waals surface area contributed by atoms with Crippen LogP contribution in [0.25, 0.3) is 0 Å². The molecule has 0 N–H and O–H groups in total. The number of rotatable bonds is 4. The Labute approximate surface area is 103 Å². The van der Waals surface area contributed by atoms with Gasteiger partial charge in [0.25, 0.3) is 0 Å². The summed E-state index contributed by atoms with van der Waals surface area (Å²) in [6, 6.07) is 4.67. The van der Waals surface area contributed by atoms with E-state index in [0.29, 0.717) is 0 Å². The molecule has 78 valence electrons. The zero-order valence-corrected chi connectivity index (χ0v) is 11.9. The van der Waals surface area contributed by atoms with Gasteiger partial charge in [0.1, 0.15) is 0 Å². The fourth-order valence-corrected chi connectivity index (χ4v) is 2.74. The Kier molecular flexibility index (Phi) is 5.18. The number of hydrogen-bond acceptors (Lipinski definition) is 0. The Hall–Kier alpha value is 0.180. The van der Waals surface area contributed by atoms with E-state index in [1.165, 1.54) is 22.3 Å². The summed E-state index contributed by atoms with van der Waals surface area (Å²) in [5.41, 5.74) is 5.81. The van der Waals surface area contributed by atoms with E-state index in [0.717, 1.165) is 23.5 Å². The third kappa shape index (κ3) is 2.60. The monoisotopic (exact) mass is 318 g/mol. The summed E-state index contributed by atoms with van der Waals surface area (Å²) in [4.78, 5) is 0. The van der Waals surface area contributed by atoms with Crippen LogP contribution in [0.4, 0.5) is 0 Å². The zero-order chi connectivity index (χ0) is 10.6. The molecule has 0 saturated heterocycles. The maximum atomic E-state index is 3.55. The van der Waals surface area contributed by atoms with Crippen LogP contribution in [0.15, 0.2) is 12.1 Å². The molecule has 0 aliphatic heterocycles. The van der Waals surface area contributed by atoms with E-state index < -0.39 is 0 Å². The molecule has 2 heteroatoms. The van der Waals surface area contributed by atoms with Crippen molar-refractivity contribution < 1.29 is 0 Å². The van der Waals surface area contributed by atoms with Crippen molar-refractivity contribution in [1.29, 1.82) is 0 Å². The van der Waals surface area contributed by atoms with Crippen LogP contribution >= 0.6 is 31.9 Å². The average molecular weight is 320 g/mol. The van der Waals surface area contributed by atoms with Gasteiger partial charge < -0.3 is 0 Å². The van der Waals surface area contributed by atoms with E-state index in [9.17, 15) is 0 Å². The Morgan fingerprint density at radius 1 is 0.786 bits per heavy atom. The van der Waals surface area contributed by atoms with Gasteiger partial charge in [0, 0.05) is 10.7 Å². The Morgan fingerprint density at radius 2 is 1.14 bits per heavy atom. The molecule has 0 aromatic heterocycles. The number of hydrogen-bond donors (Lipinski definition) is 0. The van der Waals surface area contributed by atoms with E-state index in [-0.39, 0.29) is 0 Å². The van der Waals surface area contributed by atoms with Crippen LogP contribution in [-0.2, 0) is 23.5 Å². The van der Waals surface area contributed by atoms with Crippen LogP contribution in [0.1, 0.15) is 36.1 Å². The quantitative estimate of drug-likeness (QED) is 0.711. The minimum absolute atomic E-state index is 0.964. The van der Waals surface area contributed by atoms with Crippen molar-refractivity contribution in [1.82, 2.24) is 0 Å². The molecule has 1 aromatic carbocycles. The van der Waals surface area contributed by atoms with Crippen LogP contribution in [0.5, 0.6) is 0 Å². The first-order chi connectivity index (χ1) is 6.76. The van der Waals surface area contributed by atoms with Gasteiger partial charge in [-0.05, 0) is 35.1 Å². The van der Waals surface area contributed by atoms with Gasteiger partial charge in [-0.15, -0.1) is 0 Å². The minimum Gasteiger partial charge on any atom is -0.0876 e. The van der Waals surface area contributed by atoms with Crippen molar-refractivity contribution in [2.24, 2.45) is 0 Å². The number of aryl methyl sites for hydroxylation is 2. The summed E-state index contributed by atoms with van der Waals surface area (Å²) in [6.07, 6.45) is 2.23. The van der Waals surface area contributed by atoms with Gasteiger partial charge in [-0.1, -0.05) is 57.8 Å². The lowest BCUT2D eigenvalue weighted by molar-refractivity contribution is 1.04. The molecule has 0 unspecified atom stereocenters. The molecule has 0 atom stereocenters. The molecular formula is C12H16Br2. The second kappa shape index (κ2) is 5.92. The topological polar surface area (TPSA) is 0 Å². The highest BCUT2D eigenvalue weighted by atomic mass is 79.9. The van der Waals surface area contributed by atoms with Crippen LogP contribution in [-0.4, -0.2) is 0 Å². The molecule has 0 nitrogen and oxygen atoms in total. The van der Waals surface area contributed by atoms with Crippen molar-refractivity contribution in [3.63, 3.8) is 0 Å². The van der Waals surface area contributed by atoms with E-state index >= 15 is 0 Å². The highest BCUT2D eigenvalue weighted by molar-refractivity contribution is 9.08. The minimum atomic E-state index is 0.964. The first-order valence-electron chi connectivity index (χ1n) is 5.02. The summed E-state index contributed by atoms with van der Waals surface area (Å²) in [7, 11) is 0. The summed E-state index contributed by atoms with van der Waals surface area (Å²) < 4.78 is 0. The van der Waals surface area contributed by atoms with Crippen molar-refractivity contribution >= 4 is 31.9 Å². The number of benzene rings is 1. The average Bonchev–Trinajstić information content (AvgIpc) is 2.26. The molecule has 0 aliphatic rings. The predicted molar refractivity (Wildman–Crippen MR) is 70.5 cm³/mol. The zero-order valence-electron chi connectivity index (χ0n) is 8.74. The van der Waals surface area contributed by atoms with Crippen molar-refractivity contribution in [3.05, 3.63) is 34.4 Å². The van der Waals surface area contributed by atoms with Gasteiger partial charge in [-0.25, -0.2) is 0 Å². The van der Waals surface area contributed by atoms with Crippen LogP contribution in [0.3, 0.4) is 0 Å². The fraction of sp³-hybridized carbons (Fsp3) is 0.500. The lowest BCUT2D eigenvalue weighted by Crippen LogP contribution is -1.97. The number of halogens is 2. The largest absolute Gasteiger partial charge is 0.0876 e. The molecule has 0 amide bonds. The molecule has 1 rings (SSSR count). The lowest BCUT2D eigenvalue weighted by Gasteiger charge is -2.12. The molecule has 0 heterocycles. The van der Waals surface area contributed by atoms with Crippen molar-refractivity contribution in [2.75, 3.05) is 0 Å². The maximum absolute atomic E-state index is 3.55. The predicted octanol–water partition coefficient (Wildman–Crippen LogP) is 4.60. The summed E-state index contributed by atoms with van der Waals surface area (Å²) in [5.74, 6) is 0. The third-order valence-corrected chi connectivity index (χ3v) is 3.78. The summed E-state index contributed by atoms with van der Waals surface area (Å²) in [6.45, 7) is 4.43. The Bertz CT molecular complexity index is 247. The van der Waals surface area contributed by atoms with Crippen molar-refractivity contribution in [2.45, 2.75) is 37.3 Å². The summed E-state index contributed by atoms with van der Waals surface area (Å²) >= 11 is 7.09. The van der Waals surface area contributed by atoms with Crippen LogP contribution in [0, 0.1) is 0 Å². The lowest BCUT2D eigenvalue weighted by atomic mass is 9.97. The first-order valence-corrected chi connectivity index (χ1v) is 7.26. The second-order valence-electron chi connectivity index (χ2n) is 3.36. The van der Waals surface area contributed by atoms with Crippen molar-refractivity contribution in [3.8, 4) is 0 Å². The molecule has 14 heavy (non-hydrogen) atoms. The highest BCUT2D eigenvalue weighted by Gasteiger charge is 2.06. The molecular weight excluding hydrogens is 304 g/mol. The normalized spacial score (nSPS) is 10.6. The van der Waals surface area contributed by atoms with Gasteiger partial charge in [0.2, 0.25) is 0 Å². The van der Waals surface area contributed by atoms with Crippen LogP contribution in [0.2, 0.25) is 0 Å².